The van der Waals surface area contributed by atoms with Crippen molar-refractivity contribution in [3.63, 3.8) is 0 Å². The molecule has 1 saturated heterocycles. The predicted octanol–water partition coefficient (Wildman–Crippen LogP) is 3.28. The summed E-state index contributed by atoms with van der Waals surface area (Å²) in [6.07, 6.45) is 1.85. The Morgan fingerprint density at radius 1 is 1.35 bits per heavy atom. The van der Waals surface area contributed by atoms with Crippen molar-refractivity contribution < 1.29 is 22.6 Å². The Bertz CT molecular complexity index is 243. The van der Waals surface area contributed by atoms with Crippen LogP contribution in [0, 0.1) is 0 Å². The van der Waals surface area contributed by atoms with Crippen molar-refractivity contribution in [2.24, 2.45) is 0 Å². The highest BCUT2D eigenvalue weighted by atomic mass is 19.4. The standard InChI is InChI=1S/C14H26F3NO2/c1-2-8-18-12(5-6-13-4-3-9-20-13)7-10-19-11-14(15,16)17/h12-13,18H,2-11H2,1H3. The number of hydrogen-bond acceptors (Lipinski definition) is 3. The van der Waals surface area contributed by atoms with Crippen LogP contribution in [0.4, 0.5) is 13.2 Å². The summed E-state index contributed by atoms with van der Waals surface area (Å²) in [7, 11) is 0. The normalized spacial score (nSPS) is 21.3. The molecule has 2 atom stereocenters. The van der Waals surface area contributed by atoms with E-state index in [1.807, 2.05) is 0 Å². The fourth-order valence-electron chi connectivity index (χ4n) is 2.37. The number of halogens is 3. The maximum absolute atomic E-state index is 12.0. The highest BCUT2D eigenvalue weighted by molar-refractivity contribution is 4.72. The van der Waals surface area contributed by atoms with Crippen molar-refractivity contribution in [1.29, 1.82) is 0 Å². The lowest BCUT2D eigenvalue weighted by molar-refractivity contribution is -0.174. The first-order valence-corrected chi connectivity index (χ1v) is 7.50. The third kappa shape index (κ3) is 8.76. The molecule has 1 N–H and O–H groups in total. The van der Waals surface area contributed by atoms with Crippen LogP contribution in [0.5, 0.6) is 0 Å². The summed E-state index contributed by atoms with van der Waals surface area (Å²) >= 11 is 0. The van der Waals surface area contributed by atoms with Gasteiger partial charge in [-0.05, 0) is 45.1 Å². The van der Waals surface area contributed by atoms with Crippen LogP contribution in [-0.2, 0) is 9.47 Å². The van der Waals surface area contributed by atoms with E-state index in [0.29, 0.717) is 12.5 Å². The van der Waals surface area contributed by atoms with Crippen LogP contribution in [0.2, 0.25) is 0 Å². The van der Waals surface area contributed by atoms with Crippen molar-refractivity contribution in [1.82, 2.24) is 5.32 Å². The Hall–Kier alpha value is -0.330. The van der Waals surface area contributed by atoms with Gasteiger partial charge in [0.1, 0.15) is 6.61 Å². The molecule has 0 saturated carbocycles. The van der Waals surface area contributed by atoms with Crippen LogP contribution >= 0.6 is 0 Å². The zero-order chi connectivity index (χ0) is 14.8. The van der Waals surface area contributed by atoms with E-state index < -0.39 is 12.8 Å². The zero-order valence-electron chi connectivity index (χ0n) is 12.2. The maximum Gasteiger partial charge on any atom is 0.411 e. The monoisotopic (exact) mass is 297 g/mol. The number of hydrogen-bond donors (Lipinski definition) is 1. The van der Waals surface area contributed by atoms with Gasteiger partial charge in [-0.2, -0.15) is 13.2 Å². The van der Waals surface area contributed by atoms with Gasteiger partial charge in [0.25, 0.3) is 0 Å². The topological polar surface area (TPSA) is 30.5 Å². The molecule has 3 nitrogen and oxygen atoms in total. The van der Waals surface area contributed by atoms with Gasteiger partial charge in [0, 0.05) is 19.3 Å². The SMILES string of the molecule is CCCNC(CCOCC(F)(F)F)CCC1CCCO1. The van der Waals surface area contributed by atoms with Crippen molar-refractivity contribution >= 4 is 0 Å². The number of rotatable bonds is 10. The van der Waals surface area contributed by atoms with Crippen LogP contribution in [0.3, 0.4) is 0 Å². The third-order valence-corrected chi connectivity index (χ3v) is 3.42. The van der Waals surface area contributed by atoms with Crippen LogP contribution < -0.4 is 5.32 Å². The second-order valence-electron chi connectivity index (χ2n) is 5.32. The Labute approximate surface area is 119 Å². The summed E-state index contributed by atoms with van der Waals surface area (Å²) in [4.78, 5) is 0. The molecule has 0 radical (unpaired) electrons. The fourth-order valence-corrected chi connectivity index (χ4v) is 2.37. The van der Waals surface area contributed by atoms with E-state index >= 15 is 0 Å². The summed E-state index contributed by atoms with van der Waals surface area (Å²) in [5.41, 5.74) is 0. The molecular formula is C14H26F3NO2. The average molecular weight is 297 g/mol. The summed E-state index contributed by atoms with van der Waals surface area (Å²) in [6, 6.07) is 0.215. The summed E-state index contributed by atoms with van der Waals surface area (Å²) in [5.74, 6) is 0. The van der Waals surface area contributed by atoms with E-state index in [4.69, 9.17) is 4.74 Å². The molecule has 0 amide bonds. The molecule has 0 aliphatic carbocycles. The van der Waals surface area contributed by atoms with E-state index in [-0.39, 0.29) is 12.6 Å². The summed E-state index contributed by atoms with van der Waals surface area (Å²) in [5, 5.41) is 3.37. The molecule has 0 aromatic heterocycles. The van der Waals surface area contributed by atoms with E-state index in [1.54, 1.807) is 0 Å². The lowest BCUT2D eigenvalue weighted by atomic mass is 10.0. The Kier molecular flexibility index (Phi) is 8.49. The van der Waals surface area contributed by atoms with Crippen LogP contribution in [0.1, 0.15) is 45.4 Å². The lowest BCUT2D eigenvalue weighted by Gasteiger charge is -2.20. The summed E-state index contributed by atoms with van der Waals surface area (Å²) in [6.45, 7) is 2.79. The van der Waals surface area contributed by atoms with Gasteiger partial charge in [-0.1, -0.05) is 6.92 Å². The van der Waals surface area contributed by atoms with Crippen LogP contribution in [0.15, 0.2) is 0 Å². The molecule has 0 spiro atoms. The highest BCUT2D eigenvalue weighted by Gasteiger charge is 2.27. The number of alkyl halides is 3. The zero-order valence-corrected chi connectivity index (χ0v) is 12.2. The van der Waals surface area contributed by atoms with E-state index in [9.17, 15) is 13.2 Å². The predicted molar refractivity (Wildman–Crippen MR) is 71.8 cm³/mol. The van der Waals surface area contributed by atoms with Gasteiger partial charge in [0.2, 0.25) is 0 Å². The highest BCUT2D eigenvalue weighted by Crippen LogP contribution is 2.19. The van der Waals surface area contributed by atoms with Crippen molar-refractivity contribution in [3.05, 3.63) is 0 Å². The molecule has 1 aliphatic heterocycles. The van der Waals surface area contributed by atoms with Crippen molar-refractivity contribution in [2.75, 3.05) is 26.4 Å². The molecule has 1 aliphatic rings. The van der Waals surface area contributed by atoms with E-state index in [2.05, 4.69) is 17.0 Å². The molecule has 1 fully saturated rings. The first kappa shape index (κ1) is 17.7. The first-order valence-electron chi connectivity index (χ1n) is 7.50. The Balaban J connectivity index is 2.16. The minimum absolute atomic E-state index is 0.145. The van der Waals surface area contributed by atoms with Crippen molar-refractivity contribution in [3.8, 4) is 0 Å². The van der Waals surface area contributed by atoms with Gasteiger partial charge in [0.05, 0.1) is 6.10 Å². The van der Waals surface area contributed by atoms with Gasteiger partial charge < -0.3 is 14.8 Å². The van der Waals surface area contributed by atoms with Gasteiger partial charge >= 0.3 is 6.18 Å². The fraction of sp³-hybridized carbons (Fsp3) is 1.00. The lowest BCUT2D eigenvalue weighted by Crippen LogP contribution is -2.32. The second-order valence-corrected chi connectivity index (χ2v) is 5.32. The number of ether oxygens (including phenoxy) is 2. The van der Waals surface area contributed by atoms with E-state index in [0.717, 1.165) is 45.3 Å². The molecule has 0 aromatic carbocycles. The molecule has 20 heavy (non-hydrogen) atoms. The minimum Gasteiger partial charge on any atom is -0.378 e. The van der Waals surface area contributed by atoms with Gasteiger partial charge in [-0.15, -0.1) is 0 Å². The quantitative estimate of drug-likeness (QED) is 0.628. The summed E-state index contributed by atoms with van der Waals surface area (Å²) < 4.78 is 46.2. The molecular weight excluding hydrogens is 271 g/mol. The Morgan fingerprint density at radius 2 is 2.15 bits per heavy atom. The van der Waals surface area contributed by atoms with Crippen molar-refractivity contribution in [2.45, 2.75) is 63.8 Å². The van der Waals surface area contributed by atoms with Gasteiger partial charge in [-0.25, -0.2) is 0 Å². The minimum atomic E-state index is -4.23. The number of nitrogens with one attached hydrogen (secondary N) is 1. The van der Waals surface area contributed by atoms with Crippen LogP contribution in [-0.4, -0.2) is 44.7 Å². The molecule has 0 aromatic rings. The largest absolute Gasteiger partial charge is 0.411 e. The van der Waals surface area contributed by atoms with E-state index in [1.165, 1.54) is 0 Å². The molecule has 1 rings (SSSR count). The molecule has 120 valence electrons. The Morgan fingerprint density at radius 3 is 2.75 bits per heavy atom. The first-order chi connectivity index (χ1) is 9.51. The van der Waals surface area contributed by atoms with Gasteiger partial charge in [0.15, 0.2) is 0 Å². The smallest absolute Gasteiger partial charge is 0.378 e. The maximum atomic E-state index is 12.0. The third-order valence-electron chi connectivity index (χ3n) is 3.42. The average Bonchev–Trinajstić information content (AvgIpc) is 2.88. The second kappa shape index (κ2) is 9.58. The molecule has 6 heteroatoms. The molecule has 0 bridgehead atoms. The van der Waals surface area contributed by atoms with Gasteiger partial charge in [-0.3, -0.25) is 0 Å². The van der Waals surface area contributed by atoms with Crippen LogP contribution in [0.25, 0.3) is 0 Å². The molecule has 2 unspecified atom stereocenters. The molecule has 1 heterocycles.